The summed E-state index contributed by atoms with van der Waals surface area (Å²) in [5.74, 6) is 0.0815. The van der Waals surface area contributed by atoms with Gasteiger partial charge in [-0.3, -0.25) is 9.69 Å². The summed E-state index contributed by atoms with van der Waals surface area (Å²) in [6.07, 6.45) is 0. The minimum atomic E-state index is -0.203. The van der Waals surface area contributed by atoms with Crippen LogP contribution in [0.1, 0.15) is 26.8 Å². The minimum absolute atomic E-state index is 0.0815. The second kappa shape index (κ2) is 6.95. The molecule has 1 aromatic carbocycles. The molecule has 1 amide bonds. The summed E-state index contributed by atoms with van der Waals surface area (Å²) in [5.41, 5.74) is 1.84. The number of rotatable bonds is 3. The molecule has 2 aromatic rings. The van der Waals surface area contributed by atoms with Crippen LogP contribution in [-0.2, 0) is 0 Å². The highest BCUT2D eigenvalue weighted by Crippen LogP contribution is 2.25. The topological polar surface area (TPSA) is 47.3 Å². The van der Waals surface area contributed by atoms with Crippen molar-refractivity contribution in [2.24, 2.45) is 0 Å². The lowest BCUT2D eigenvalue weighted by atomic mass is 10.1. The molecule has 1 unspecified atom stereocenters. The molecular weight excluding hydrogens is 306 g/mol. The number of carbonyl (C=O) groups is 1. The number of nitriles is 1. The molecule has 118 valence electrons. The number of piperazine rings is 1. The van der Waals surface area contributed by atoms with Gasteiger partial charge in [-0.1, -0.05) is 23.8 Å². The molecule has 1 aliphatic heterocycles. The van der Waals surface area contributed by atoms with Crippen LogP contribution in [0.4, 0.5) is 0 Å². The van der Waals surface area contributed by atoms with Gasteiger partial charge in [0.15, 0.2) is 0 Å². The van der Waals surface area contributed by atoms with Gasteiger partial charge in [0.2, 0.25) is 0 Å². The van der Waals surface area contributed by atoms with Gasteiger partial charge in [0.25, 0.3) is 5.91 Å². The van der Waals surface area contributed by atoms with Crippen molar-refractivity contribution in [3.8, 4) is 6.07 Å². The van der Waals surface area contributed by atoms with Gasteiger partial charge in [-0.15, -0.1) is 11.3 Å². The first-order valence-corrected chi connectivity index (χ1v) is 8.60. The van der Waals surface area contributed by atoms with Crippen LogP contribution in [0.3, 0.4) is 0 Å². The lowest BCUT2D eigenvalue weighted by Crippen LogP contribution is -2.49. The smallest absolute Gasteiger partial charge is 0.253 e. The third-order valence-electron chi connectivity index (χ3n) is 4.17. The van der Waals surface area contributed by atoms with E-state index in [4.69, 9.17) is 0 Å². The van der Waals surface area contributed by atoms with E-state index >= 15 is 0 Å². The third kappa shape index (κ3) is 3.44. The first-order chi connectivity index (χ1) is 11.2. The van der Waals surface area contributed by atoms with Gasteiger partial charge in [-0.2, -0.15) is 5.26 Å². The van der Waals surface area contributed by atoms with E-state index in [-0.39, 0.29) is 11.9 Å². The van der Waals surface area contributed by atoms with Crippen molar-refractivity contribution in [3.63, 3.8) is 0 Å². The van der Waals surface area contributed by atoms with Crippen molar-refractivity contribution in [2.75, 3.05) is 26.2 Å². The molecule has 3 rings (SSSR count). The Labute approximate surface area is 140 Å². The predicted molar refractivity (Wildman–Crippen MR) is 91.3 cm³/mol. The van der Waals surface area contributed by atoms with Crippen molar-refractivity contribution in [1.29, 1.82) is 5.26 Å². The van der Waals surface area contributed by atoms with E-state index in [0.717, 1.165) is 29.1 Å². The molecule has 0 bridgehead atoms. The highest BCUT2D eigenvalue weighted by molar-refractivity contribution is 7.10. The quantitative estimate of drug-likeness (QED) is 0.871. The molecule has 1 atom stereocenters. The average Bonchev–Trinajstić information content (AvgIpc) is 3.10. The molecule has 0 N–H and O–H groups in total. The zero-order chi connectivity index (χ0) is 16.2. The van der Waals surface area contributed by atoms with Crippen LogP contribution in [0, 0.1) is 18.3 Å². The van der Waals surface area contributed by atoms with Gasteiger partial charge in [0, 0.05) is 36.6 Å². The number of carbonyl (C=O) groups excluding carboxylic acids is 1. The van der Waals surface area contributed by atoms with Gasteiger partial charge < -0.3 is 4.90 Å². The standard InChI is InChI=1S/C18H19N3OS/c1-14-4-2-5-15(12-14)18(22)21-9-7-20(8-10-21)16(13-19)17-6-3-11-23-17/h2-6,11-12,16H,7-10H2,1H3. The number of hydrogen-bond acceptors (Lipinski definition) is 4. The monoisotopic (exact) mass is 325 g/mol. The van der Waals surface area contributed by atoms with Crippen molar-refractivity contribution < 1.29 is 4.79 Å². The summed E-state index contributed by atoms with van der Waals surface area (Å²) in [6, 6.07) is 13.9. The predicted octanol–water partition coefficient (Wildman–Crippen LogP) is 3.08. The number of hydrogen-bond donors (Lipinski definition) is 0. The Morgan fingerprint density at radius 1 is 1.22 bits per heavy atom. The third-order valence-corrected chi connectivity index (χ3v) is 5.09. The Kier molecular flexibility index (Phi) is 4.75. The average molecular weight is 325 g/mol. The largest absolute Gasteiger partial charge is 0.336 e. The molecule has 0 aliphatic carbocycles. The molecule has 4 nitrogen and oxygen atoms in total. The molecule has 1 fully saturated rings. The molecule has 23 heavy (non-hydrogen) atoms. The summed E-state index contributed by atoms with van der Waals surface area (Å²) < 4.78 is 0. The number of thiophene rings is 1. The summed E-state index contributed by atoms with van der Waals surface area (Å²) in [5, 5.41) is 11.5. The van der Waals surface area contributed by atoms with E-state index in [9.17, 15) is 10.1 Å². The van der Waals surface area contributed by atoms with E-state index in [1.807, 2.05) is 53.6 Å². The Hall–Kier alpha value is -2.16. The first-order valence-electron chi connectivity index (χ1n) is 7.72. The van der Waals surface area contributed by atoms with Gasteiger partial charge in [-0.25, -0.2) is 0 Å². The molecule has 2 heterocycles. The maximum atomic E-state index is 12.6. The maximum absolute atomic E-state index is 12.6. The summed E-state index contributed by atoms with van der Waals surface area (Å²) in [6.45, 7) is 4.78. The molecule has 0 spiro atoms. The fourth-order valence-electron chi connectivity index (χ4n) is 2.92. The van der Waals surface area contributed by atoms with Crippen LogP contribution in [0.5, 0.6) is 0 Å². The lowest BCUT2D eigenvalue weighted by Gasteiger charge is -2.36. The molecule has 5 heteroatoms. The fourth-order valence-corrected chi connectivity index (χ4v) is 3.72. The molecule has 1 aliphatic rings. The van der Waals surface area contributed by atoms with Crippen LogP contribution in [0.15, 0.2) is 41.8 Å². The number of benzene rings is 1. The molecular formula is C18H19N3OS. The normalized spacial score (nSPS) is 16.8. The SMILES string of the molecule is Cc1cccc(C(=O)N2CCN(C(C#N)c3cccs3)CC2)c1. The van der Waals surface area contributed by atoms with E-state index in [1.165, 1.54) is 0 Å². The zero-order valence-corrected chi connectivity index (χ0v) is 13.9. The van der Waals surface area contributed by atoms with Gasteiger partial charge in [-0.05, 0) is 30.5 Å². The highest BCUT2D eigenvalue weighted by Gasteiger charge is 2.27. The fraction of sp³-hybridized carbons (Fsp3) is 0.333. The van der Waals surface area contributed by atoms with E-state index in [2.05, 4.69) is 11.0 Å². The van der Waals surface area contributed by atoms with Crippen LogP contribution in [0.25, 0.3) is 0 Å². The van der Waals surface area contributed by atoms with Gasteiger partial charge in [0.1, 0.15) is 6.04 Å². The molecule has 1 aromatic heterocycles. The zero-order valence-electron chi connectivity index (χ0n) is 13.1. The number of amides is 1. The van der Waals surface area contributed by atoms with Gasteiger partial charge >= 0.3 is 0 Å². The van der Waals surface area contributed by atoms with Crippen LogP contribution < -0.4 is 0 Å². The van der Waals surface area contributed by atoms with E-state index in [0.29, 0.717) is 13.1 Å². The Morgan fingerprint density at radius 2 is 2.00 bits per heavy atom. The van der Waals surface area contributed by atoms with Crippen molar-refractivity contribution in [1.82, 2.24) is 9.80 Å². The van der Waals surface area contributed by atoms with Crippen LogP contribution >= 0.6 is 11.3 Å². The van der Waals surface area contributed by atoms with Gasteiger partial charge in [0.05, 0.1) is 6.07 Å². The van der Waals surface area contributed by atoms with Crippen LogP contribution in [0.2, 0.25) is 0 Å². The number of nitrogens with zero attached hydrogens (tertiary/aromatic N) is 3. The lowest BCUT2D eigenvalue weighted by molar-refractivity contribution is 0.0608. The highest BCUT2D eigenvalue weighted by atomic mass is 32.1. The second-order valence-electron chi connectivity index (χ2n) is 5.74. The van der Waals surface area contributed by atoms with E-state index < -0.39 is 0 Å². The first kappa shape index (κ1) is 15.7. The summed E-state index contributed by atoms with van der Waals surface area (Å²) in [7, 11) is 0. The van der Waals surface area contributed by atoms with Crippen molar-refractivity contribution in [3.05, 3.63) is 57.8 Å². The molecule has 0 saturated carbocycles. The van der Waals surface area contributed by atoms with Crippen molar-refractivity contribution in [2.45, 2.75) is 13.0 Å². The Bertz CT molecular complexity index is 712. The Morgan fingerprint density at radius 3 is 2.61 bits per heavy atom. The molecule has 0 radical (unpaired) electrons. The molecule has 1 saturated heterocycles. The van der Waals surface area contributed by atoms with E-state index in [1.54, 1.807) is 11.3 Å². The maximum Gasteiger partial charge on any atom is 0.253 e. The Balaban J connectivity index is 1.64. The van der Waals surface area contributed by atoms with Crippen molar-refractivity contribution >= 4 is 17.2 Å². The summed E-state index contributed by atoms with van der Waals surface area (Å²) >= 11 is 1.61. The summed E-state index contributed by atoms with van der Waals surface area (Å²) in [4.78, 5) is 17.7. The minimum Gasteiger partial charge on any atom is -0.336 e. The number of aryl methyl sites for hydroxylation is 1. The van der Waals surface area contributed by atoms with Crippen LogP contribution in [-0.4, -0.2) is 41.9 Å². The second-order valence-corrected chi connectivity index (χ2v) is 6.72.